The number of hydrogen-bond donors (Lipinski definition) is 1. The first-order chi connectivity index (χ1) is 7.00. The summed E-state index contributed by atoms with van der Waals surface area (Å²) in [5.41, 5.74) is -0.978. The van der Waals surface area contributed by atoms with Gasteiger partial charge in [0.05, 0.1) is 5.41 Å². The van der Waals surface area contributed by atoms with Crippen molar-refractivity contribution >= 4 is 17.6 Å². The molecular weight excluding hydrogens is 219 g/mol. The third kappa shape index (κ3) is 1.34. The van der Waals surface area contributed by atoms with E-state index in [1.54, 1.807) is 6.92 Å². The van der Waals surface area contributed by atoms with Crippen LogP contribution in [0.3, 0.4) is 0 Å². The fourth-order valence-electron chi connectivity index (χ4n) is 2.10. The molecule has 1 N–H and O–H groups in total. The lowest BCUT2D eigenvalue weighted by atomic mass is 9.93. The zero-order valence-corrected chi connectivity index (χ0v) is 8.88. The third-order valence-corrected chi connectivity index (χ3v) is 3.41. The van der Waals surface area contributed by atoms with Crippen LogP contribution in [0.4, 0.5) is 4.39 Å². The van der Waals surface area contributed by atoms with Crippen molar-refractivity contribution in [2.24, 2.45) is 5.92 Å². The van der Waals surface area contributed by atoms with Gasteiger partial charge in [0.1, 0.15) is 5.82 Å². The van der Waals surface area contributed by atoms with Crippen LogP contribution in [-0.2, 0) is 10.2 Å². The van der Waals surface area contributed by atoms with Crippen LogP contribution in [0, 0.1) is 11.7 Å². The zero-order valence-electron chi connectivity index (χ0n) is 8.13. The largest absolute Gasteiger partial charge is 0.481 e. The van der Waals surface area contributed by atoms with E-state index in [-0.39, 0.29) is 16.5 Å². The number of halogens is 2. The Morgan fingerprint density at radius 2 is 2.27 bits per heavy atom. The van der Waals surface area contributed by atoms with E-state index < -0.39 is 17.2 Å². The van der Waals surface area contributed by atoms with E-state index in [0.717, 1.165) is 0 Å². The first-order valence-electron chi connectivity index (χ1n) is 4.68. The topological polar surface area (TPSA) is 37.3 Å². The van der Waals surface area contributed by atoms with Crippen LogP contribution in [0.15, 0.2) is 18.2 Å². The van der Waals surface area contributed by atoms with Gasteiger partial charge in [0.25, 0.3) is 0 Å². The smallest absolute Gasteiger partial charge is 0.314 e. The lowest BCUT2D eigenvalue weighted by Crippen LogP contribution is -2.23. The van der Waals surface area contributed by atoms with E-state index >= 15 is 0 Å². The number of benzene rings is 1. The highest BCUT2D eigenvalue weighted by molar-refractivity contribution is 6.31. The molecule has 0 heterocycles. The highest BCUT2D eigenvalue weighted by atomic mass is 35.5. The van der Waals surface area contributed by atoms with Gasteiger partial charge in [-0.25, -0.2) is 4.39 Å². The Labute approximate surface area is 91.7 Å². The Balaban J connectivity index is 2.59. The molecule has 0 spiro atoms. The summed E-state index contributed by atoms with van der Waals surface area (Å²) in [5, 5.41) is 9.35. The monoisotopic (exact) mass is 228 g/mol. The van der Waals surface area contributed by atoms with Gasteiger partial charge in [-0.1, -0.05) is 24.6 Å². The fourth-order valence-corrected chi connectivity index (χ4v) is 2.43. The van der Waals surface area contributed by atoms with E-state index in [2.05, 4.69) is 0 Å². The Bertz CT molecular complexity index is 412. The van der Waals surface area contributed by atoms with Gasteiger partial charge in [-0.05, 0) is 24.5 Å². The molecule has 1 aromatic carbocycles. The maximum atomic E-state index is 13.6. The number of rotatable bonds is 2. The molecule has 2 nitrogen and oxygen atoms in total. The van der Waals surface area contributed by atoms with Gasteiger partial charge in [0.2, 0.25) is 0 Å². The Morgan fingerprint density at radius 1 is 1.67 bits per heavy atom. The van der Waals surface area contributed by atoms with Crippen molar-refractivity contribution in [2.75, 3.05) is 0 Å². The summed E-state index contributed by atoms with van der Waals surface area (Å²) < 4.78 is 13.6. The van der Waals surface area contributed by atoms with Crippen LogP contribution < -0.4 is 0 Å². The van der Waals surface area contributed by atoms with Gasteiger partial charge in [-0.2, -0.15) is 0 Å². The van der Waals surface area contributed by atoms with Crippen LogP contribution in [0.1, 0.15) is 18.9 Å². The molecule has 1 fully saturated rings. The molecule has 1 aliphatic carbocycles. The van der Waals surface area contributed by atoms with E-state index in [0.29, 0.717) is 6.42 Å². The van der Waals surface area contributed by atoms with Crippen LogP contribution in [0.5, 0.6) is 0 Å². The maximum Gasteiger partial charge on any atom is 0.314 e. The average molecular weight is 229 g/mol. The molecule has 2 unspecified atom stereocenters. The second-order valence-corrected chi connectivity index (χ2v) is 4.39. The van der Waals surface area contributed by atoms with Gasteiger partial charge in [0.15, 0.2) is 0 Å². The molecular formula is C11H10ClFO2. The first kappa shape index (κ1) is 10.4. The predicted molar refractivity (Wildman–Crippen MR) is 54.5 cm³/mol. The Hall–Kier alpha value is -1.09. The molecule has 2 rings (SSSR count). The van der Waals surface area contributed by atoms with Crippen molar-refractivity contribution < 1.29 is 14.3 Å². The normalized spacial score (nSPS) is 28.9. The Morgan fingerprint density at radius 3 is 2.67 bits per heavy atom. The van der Waals surface area contributed by atoms with Gasteiger partial charge in [-0.3, -0.25) is 4.79 Å². The minimum Gasteiger partial charge on any atom is -0.481 e. The van der Waals surface area contributed by atoms with E-state index in [4.69, 9.17) is 16.7 Å². The summed E-state index contributed by atoms with van der Waals surface area (Å²) in [6.45, 7) is 1.79. The lowest BCUT2D eigenvalue weighted by molar-refractivity contribution is -0.140. The van der Waals surface area contributed by atoms with E-state index in [1.165, 1.54) is 18.2 Å². The first-order valence-corrected chi connectivity index (χ1v) is 5.06. The van der Waals surface area contributed by atoms with Crippen molar-refractivity contribution in [3.05, 3.63) is 34.6 Å². The number of carboxylic acid groups (broad SMARTS) is 1. The summed E-state index contributed by atoms with van der Waals surface area (Å²) in [5.74, 6) is -1.60. The minimum absolute atomic E-state index is 0.0654. The fraction of sp³-hybridized carbons (Fsp3) is 0.364. The number of aliphatic carboxylic acids is 1. The highest BCUT2D eigenvalue weighted by Crippen LogP contribution is 2.56. The summed E-state index contributed by atoms with van der Waals surface area (Å²) in [6.07, 6.45) is 0.447. The van der Waals surface area contributed by atoms with Crippen LogP contribution in [0.2, 0.25) is 5.02 Å². The molecule has 1 aromatic rings. The molecule has 0 amide bonds. The van der Waals surface area contributed by atoms with Gasteiger partial charge in [0, 0.05) is 10.6 Å². The number of hydrogen-bond acceptors (Lipinski definition) is 1. The lowest BCUT2D eigenvalue weighted by Gasteiger charge is -2.14. The van der Waals surface area contributed by atoms with Gasteiger partial charge >= 0.3 is 5.97 Å². The minimum atomic E-state index is -1.11. The maximum absolute atomic E-state index is 13.6. The molecule has 1 aliphatic rings. The second-order valence-electron chi connectivity index (χ2n) is 3.98. The molecule has 0 aromatic heterocycles. The third-order valence-electron chi connectivity index (χ3n) is 3.10. The summed E-state index contributed by atoms with van der Waals surface area (Å²) >= 11 is 5.86. The summed E-state index contributed by atoms with van der Waals surface area (Å²) in [4.78, 5) is 11.2. The van der Waals surface area contributed by atoms with Crippen LogP contribution in [-0.4, -0.2) is 11.1 Å². The Kier molecular flexibility index (Phi) is 2.23. The van der Waals surface area contributed by atoms with E-state index in [9.17, 15) is 9.18 Å². The molecule has 80 valence electrons. The van der Waals surface area contributed by atoms with E-state index in [1.807, 2.05) is 0 Å². The molecule has 0 saturated heterocycles. The quantitative estimate of drug-likeness (QED) is 0.845. The molecule has 2 atom stereocenters. The molecule has 0 aliphatic heterocycles. The van der Waals surface area contributed by atoms with Crippen molar-refractivity contribution in [3.63, 3.8) is 0 Å². The van der Waals surface area contributed by atoms with Gasteiger partial charge < -0.3 is 5.11 Å². The van der Waals surface area contributed by atoms with Crippen molar-refractivity contribution in [1.29, 1.82) is 0 Å². The zero-order chi connectivity index (χ0) is 11.2. The van der Waals surface area contributed by atoms with Crippen molar-refractivity contribution in [1.82, 2.24) is 0 Å². The van der Waals surface area contributed by atoms with Crippen LogP contribution in [0.25, 0.3) is 0 Å². The standard InChI is InChI=1S/C11H10ClFO2/c1-6-5-11(6,10(14)15)9-7(12)3-2-4-8(9)13/h2-4,6H,5H2,1H3,(H,14,15). The molecule has 15 heavy (non-hydrogen) atoms. The summed E-state index contributed by atoms with van der Waals surface area (Å²) in [7, 11) is 0. The highest BCUT2D eigenvalue weighted by Gasteiger charge is 2.61. The molecule has 1 saturated carbocycles. The average Bonchev–Trinajstić information content (AvgIpc) is 2.78. The van der Waals surface area contributed by atoms with Crippen molar-refractivity contribution in [3.8, 4) is 0 Å². The van der Waals surface area contributed by atoms with Crippen molar-refractivity contribution in [2.45, 2.75) is 18.8 Å². The number of carboxylic acids is 1. The number of carbonyl (C=O) groups is 1. The summed E-state index contributed by atoms with van der Waals surface area (Å²) in [6, 6.07) is 4.25. The molecule has 4 heteroatoms. The van der Waals surface area contributed by atoms with Gasteiger partial charge in [-0.15, -0.1) is 0 Å². The second kappa shape index (κ2) is 3.20. The molecule has 0 bridgehead atoms. The van der Waals surface area contributed by atoms with Crippen LogP contribution >= 0.6 is 11.6 Å². The predicted octanol–water partition coefficient (Wildman–Crippen LogP) is 2.84. The molecule has 0 radical (unpaired) electrons. The SMILES string of the molecule is CC1CC1(C(=O)O)c1c(F)cccc1Cl.